The fourth-order valence-corrected chi connectivity index (χ4v) is 8.21. The first-order valence-corrected chi connectivity index (χ1v) is 20.5. The maximum absolute atomic E-state index is 2.35. The Morgan fingerprint density at radius 3 is 1.00 bits per heavy atom. The zero-order valence-electron chi connectivity index (χ0n) is 33.1. The highest BCUT2D eigenvalue weighted by Gasteiger charge is 2.17. The summed E-state index contributed by atoms with van der Waals surface area (Å²) in [5.74, 6) is 0. The summed E-state index contributed by atoms with van der Waals surface area (Å²) in [4.78, 5) is 4.69. The van der Waals surface area contributed by atoms with Gasteiger partial charge in [-0.1, -0.05) is 182 Å². The smallest absolute Gasteiger partial charge is 0.0540 e. The van der Waals surface area contributed by atoms with Crippen molar-refractivity contribution in [3.05, 3.63) is 255 Å². The average molecular weight is 767 g/mol. The van der Waals surface area contributed by atoms with E-state index in [-0.39, 0.29) is 0 Å². The molecule has 0 amide bonds. The maximum Gasteiger partial charge on any atom is 0.0540 e. The van der Waals surface area contributed by atoms with Crippen molar-refractivity contribution in [3.63, 3.8) is 0 Å². The van der Waals surface area contributed by atoms with E-state index in [9.17, 15) is 0 Å². The molecular weight excluding hydrogens is 725 g/mol. The minimum Gasteiger partial charge on any atom is -0.311 e. The molecule has 0 radical (unpaired) electrons. The monoisotopic (exact) mass is 766 g/mol. The SMILES string of the molecule is c1ccc(-c2ccc(N(c3ccc(-c4ccccc4)cc3)c3ccc(-c4cccc(-c5ccc(N(c6ccccc6)c6cccc7ccccc67)cc5)c4)cc3)cc2)cc1. The Kier molecular flexibility index (Phi) is 10.0. The zero-order valence-corrected chi connectivity index (χ0v) is 33.1. The van der Waals surface area contributed by atoms with Crippen LogP contribution in [0.1, 0.15) is 0 Å². The van der Waals surface area contributed by atoms with Crippen molar-refractivity contribution in [2.45, 2.75) is 0 Å². The quantitative estimate of drug-likeness (QED) is 0.137. The van der Waals surface area contributed by atoms with E-state index in [4.69, 9.17) is 0 Å². The van der Waals surface area contributed by atoms with Crippen LogP contribution < -0.4 is 9.80 Å². The third-order valence-electron chi connectivity index (χ3n) is 11.3. The van der Waals surface area contributed by atoms with Gasteiger partial charge in [0.1, 0.15) is 0 Å². The number of para-hydroxylation sites is 1. The Balaban J connectivity index is 0.952. The molecule has 0 fully saturated rings. The molecular formula is C58H42N2. The summed E-state index contributed by atoms with van der Waals surface area (Å²) < 4.78 is 0. The van der Waals surface area contributed by atoms with Gasteiger partial charge in [-0.15, -0.1) is 0 Å². The lowest BCUT2D eigenvalue weighted by atomic mass is 9.98. The normalized spacial score (nSPS) is 11.0. The first kappa shape index (κ1) is 36.4. The molecule has 0 aliphatic heterocycles. The minimum atomic E-state index is 1.10. The number of fused-ring (bicyclic) bond motifs is 1. The first-order valence-electron chi connectivity index (χ1n) is 20.5. The van der Waals surface area contributed by atoms with Gasteiger partial charge in [0.15, 0.2) is 0 Å². The van der Waals surface area contributed by atoms with E-state index < -0.39 is 0 Å². The van der Waals surface area contributed by atoms with Crippen LogP contribution in [0.2, 0.25) is 0 Å². The molecule has 10 aromatic rings. The third-order valence-corrected chi connectivity index (χ3v) is 11.3. The number of benzene rings is 10. The van der Waals surface area contributed by atoms with Gasteiger partial charge in [-0.05, 0) is 123 Å². The number of hydrogen-bond donors (Lipinski definition) is 0. The Morgan fingerprint density at radius 1 is 0.200 bits per heavy atom. The Labute approximate surface area is 352 Å². The van der Waals surface area contributed by atoms with Gasteiger partial charge in [0.25, 0.3) is 0 Å². The van der Waals surface area contributed by atoms with E-state index in [0.29, 0.717) is 0 Å². The highest BCUT2D eigenvalue weighted by molar-refractivity contribution is 5.99. The van der Waals surface area contributed by atoms with Gasteiger partial charge in [0, 0.05) is 33.8 Å². The summed E-state index contributed by atoms with van der Waals surface area (Å²) in [6.45, 7) is 0. The second-order valence-corrected chi connectivity index (χ2v) is 15.0. The van der Waals surface area contributed by atoms with Gasteiger partial charge in [-0.2, -0.15) is 0 Å². The van der Waals surface area contributed by atoms with E-state index in [1.807, 2.05) is 0 Å². The Morgan fingerprint density at radius 2 is 0.517 bits per heavy atom. The molecule has 60 heavy (non-hydrogen) atoms. The lowest BCUT2D eigenvalue weighted by molar-refractivity contribution is 1.28. The standard InChI is InChI=1S/C58H42N2/c1-4-14-43(15-5-1)45-26-34-53(35-27-45)59(54-36-28-46(29-37-54)44-16-6-2-7-17-44)55-38-30-47(31-39-55)50-20-12-21-51(42-50)48-32-40-56(41-33-48)60(52-22-8-3-9-23-52)58-25-13-19-49-18-10-11-24-57(49)58/h1-42H. The van der Waals surface area contributed by atoms with Crippen molar-refractivity contribution in [1.82, 2.24) is 0 Å². The van der Waals surface area contributed by atoms with Crippen LogP contribution in [0, 0.1) is 0 Å². The molecule has 0 aliphatic carbocycles. The van der Waals surface area contributed by atoms with Crippen LogP contribution >= 0.6 is 0 Å². The highest BCUT2D eigenvalue weighted by atomic mass is 15.1. The minimum absolute atomic E-state index is 1.10. The highest BCUT2D eigenvalue weighted by Crippen LogP contribution is 2.41. The molecule has 10 aromatic carbocycles. The zero-order chi connectivity index (χ0) is 40.1. The molecule has 0 bridgehead atoms. The van der Waals surface area contributed by atoms with E-state index >= 15 is 0 Å². The van der Waals surface area contributed by atoms with Gasteiger partial charge in [0.2, 0.25) is 0 Å². The fourth-order valence-electron chi connectivity index (χ4n) is 8.21. The number of anilines is 6. The Bertz CT molecular complexity index is 2890. The summed E-state index contributed by atoms with van der Waals surface area (Å²) in [5, 5.41) is 2.44. The molecule has 0 aromatic heterocycles. The maximum atomic E-state index is 2.35. The second kappa shape index (κ2) is 16.5. The molecule has 0 heterocycles. The molecule has 2 nitrogen and oxygen atoms in total. The molecule has 10 rings (SSSR count). The van der Waals surface area contributed by atoms with Gasteiger partial charge < -0.3 is 9.80 Å². The summed E-state index contributed by atoms with van der Waals surface area (Å²) >= 11 is 0. The Hall–Kier alpha value is -7.94. The second-order valence-electron chi connectivity index (χ2n) is 15.0. The largest absolute Gasteiger partial charge is 0.311 e. The molecule has 0 spiro atoms. The lowest BCUT2D eigenvalue weighted by Gasteiger charge is -2.27. The van der Waals surface area contributed by atoms with Crippen molar-refractivity contribution >= 4 is 44.9 Å². The van der Waals surface area contributed by atoms with Crippen molar-refractivity contribution in [3.8, 4) is 44.5 Å². The van der Waals surface area contributed by atoms with Crippen LogP contribution in [0.25, 0.3) is 55.3 Å². The predicted molar refractivity (Wildman–Crippen MR) is 255 cm³/mol. The van der Waals surface area contributed by atoms with Crippen molar-refractivity contribution in [2.75, 3.05) is 9.80 Å². The van der Waals surface area contributed by atoms with Gasteiger partial charge >= 0.3 is 0 Å². The molecule has 0 saturated heterocycles. The predicted octanol–water partition coefficient (Wildman–Crippen LogP) is 16.4. The van der Waals surface area contributed by atoms with Gasteiger partial charge in [-0.25, -0.2) is 0 Å². The molecule has 0 saturated carbocycles. The van der Waals surface area contributed by atoms with E-state index in [2.05, 4.69) is 265 Å². The average Bonchev–Trinajstić information content (AvgIpc) is 3.34. The molecule has 0 atom stereocenters. The molecule has 0 aliphatic rings. The number of nitrogens with zero attached hydrogens (tertiary/aromatic N) is 2. The van der Waals surface area contributed by atoms with Crippen LogP contribution in [-0.4, -0.2) is 0 Å². The number of hydrogen-bond acceptors (Lipinski definition) is 2. The summed E-state index contributed by atoms with van der Waals surface area (Å²) in [6.07, 6.45) is 0. The van der Waals surface area contributed by atoms with Crippen molar-refractivity contribution in [1.29, 1.82) is 0 Å². The van der Waals surface area contributed by atoms with Crippen LogP contribution in [0.15, 0.2) is 255 Å². The molecule has 284 valence electrons. The third kappa shape index (κ3) is 7.46. The molecule has 0 N–H and O–H groups in total. The van der Waals surface area contributed by atoms with E-state index in [0.717, 1.165) is 34.1 Å². The number of rotatable bonds is 10. The lowest BCUT2D eigenvalue weighted by Crippen LogP contribution is -2.10. The van der Waals surface area contributed by atoms with Crippen molar-refractivity contribution < 1.29 is 0 Å². The van der Waals surface area contributed by atoms with E-state index in [1.54, 1.807) is 0 Å². The summed E-state index contributed by atoms with van der Waals surface area (Å²) in [7, 11) is 0. The van der Waals surface area contributed by atoms with Crippen molar-refractivity contribution in [2.24, 2.45) is 0 Å². The summed E-state index contributed by atoms with van der Waals surface area (Å²) in [5.41, 5.74) is 16.2. The van der Waals surface area contributed by atoms with Crippen LogP contribution in [0.4, 0.5) is 34.1 Å². The van der Waals surface area contributed by atoms with Crippen LogP contribution in [0.3, 0.4) is 0 Å². The molecule has 0 unspecified atom stereocenters. The van der Waals surface area contributed by atoms with Gasteiger partial charge in [-0.3, -0.25) is 0 Å². The fraction of sp³-hybridized carbons (Fsp3) is 0. The van der Waals surface area contributed by atoms with Crippen LogP contribution in [0.5, 0.6) is 0 Å². The van der Waals surface area contributed by atoms with Gasteiger partial charge in [0.05, 0.1) is 5.69 Å². The first-order chi connectivity index (χ1) is 29.7. The van der Waals surface area contributed by atoms with Crippen LogP contribution in [-0.2, 0) is 0 Å². The topological polar surface area (TPSA) is 6.48 Å². The van der Waals surface area contributed by atoms with E-state index in [1.165, 1.54) is 55.3 Å². The molecule has 2 heteroatoms. The summed E-state index contributed by atoms with van der Waals surface area (Å²) in [6, 6.07) is 91.3.